The van der Waals surface area contributed by atoms with Crippen molar-refractivity contribution in [2.24, 2.45) is 4.40 Å². The second-order valence-corrected chi connectivity index (χ2v) is 8.64. The molecule has 1 aliphatic rings. The molecule has 1 atom stereocenters. The van der Waals surface area contributed by atoms with Gasteiger partial charge in [-0.25, -0.2) is 4.21 Å². The summed E-state index contributed by atoms with van der Waals surface area (Å²) in [5, 5.41) is 0.767. The highest BCUT2D eigenvalue weighted by molar-refractivity contribution is 7.85. The monoisotopic (exact) mass is 314 g/mol. The van der Waals surface area contributed by atoms with Gasteiger partial charge in [0.2, 0.25) is 5.95 Å². The Morgan fingerprint density at radius 2 is 1.95 bits per heavy atom. The molecule has 0 N–H and O–H groups in total. The molecule has 1 saturated heterocycles. The molecule has 20 heavy (non-hydrogen) atoms. The fourth-order valence-corrected chi connectivity index (χ4v) is 3.18. The second kappa shape index (κ2) is 6.30. The second-order valence-electron chi connectivity index (χ2n) is 5.99. The van der Waals surface area contributed by atoms with Crippen LogP contribution < -0.4 is 4.90 Å². The molecular weight excluding hydrogens is 292 g/mol. The molecule has 0 unspecified atom stereocenters. The van der Waals surface area contributed by atoms with E-state index in [0.717, 1.165) is 24.0 Å². The van der Waals surface area contributed by atoms with Crippen LogP contribution in [0, 0.1) is 0 Å². The zero-order chi connectivity index (χ0) is 14.8. The van der Waals surface area contributed by atoms with Crippen LogP contribution in [0.2, 0.25) is 0 Å². The van der Waals surface area contributed by atoms with Crippen molar-refractivity contribution < 1.29 is 4.21 Å². The Morgan fingerprint density at radius 1 is 1.30 bits per heavy atom. The molecule has 1 aliphatic heterocycles. The third kappa shape index (κ3) is 3.85. The van der Waals surface area contributed by atoms with Gasteiger partial charge in [-0.15, -0.1) is 0 Å². The normalized spacial score (nSPS) is 19.2. The molecule has 7 heteroatoms. The summed E-state index contributed by atoms with van der Waals surface area (Å²) in [5.74, 6) is 0.792. The number of hydrogen-bond acceptors (Lipinski definition) is 5. The minimum atomic E-state index is -1.25. The summed E-state index contributed by atoms with van der Waals surface area (Å²) in [4.78, 5) is 6.76. The minimum Gasteiger partial charge on any atom is -0.340 e. The molecule has 1 aromatic rings. The molecule has 0 saturated carbocycles. The van der Waals surface area contributed by atoms with Gasteiger partial charge in [-0.1, -0.05) is 0 Å². The standard InChI is InChI=1S/C13H22N4OS2/c1-10(16-20(18)13(2,3)4)11-14-12(15-19-11)17-8-6-5-7-9-17/h5-9H2,1-4H3/t20-/m1/s1. The Balaban J connectivity index is 2.11. The van der Waals surface area contributed by atoms with E-state index in [1.54, 1.807) is 0 Å². The van der Waals surface area contributed by atoms with E-state index in [9.17, 15) is 4.21 Å². The highest BCUT2D eigenvalue weighted by Gasteiger charge is 2.21. The molecule has 2 heterocycles. The van der Waals surface area contributed by atoms with Crippen molar-refractivity contribution in [3.63, 3.8) is 0 Å². The smallest absolute Gasteiger partial charge is 0.237 e. The van der Waals surface area contributed by atoms with E-state index in [0.29, 0.717) is 5.71 Å². The molecule has 0 aromatic carbocycles. The van der Waals surface area contributed by atoms with Gasteiger partial charge < -0.3 is 4.90 Å². The van der Waals surface area contributed by atoms with E-state index >= 15 is 0 Å². The number of aromatic nitrogens is 2. The van der Waals surface area contributed by atoms with Gasteiger partial charge in [-0.05, 0) is 58.5 Å². The highest BCUT2D eigenvalue weighted by atomic mass is 32.2. The van der Waals surface area contributed by atoms with Crippen molar-refractivity contribution in [1.29, 1.82) is 0 Å². The summed E-state index contributed by atoms with van der Waals surface area (Å²) in [6, 6.07) is 0. The van der Waals surface area contributed by atoms with Crippen molar-refractivity contribution in [1.82, 2.24) is 9.36 Å². The van der Waals surface area contributed by atoms with E-state index in [4.69, 9.17) is 0 Å². The largest absolute Gasteiger partial charge is 0.340 e. The number of anilines is 1. The first-order chi connectivity index (χ1) is 9.38. The Labute approximate surface area is 127 Å². The molecule has 0 radical (unpaired) electrons. The fraction of sp³-hybridized carbons (Fsp3) is 0.769. The fourth-order valence-electron chi connectivity index (χ4n) is 1.89. The number of rotatable bonds is 3. The summed E-state index contributed by atoms with van der Waals surface area (Å²) in [7, 11) is -1.25. The SMILES string of the molecule is CC(=N[S@](=O)C(C)(C)C)c1nc(N2CCCCC2)ns1. The van der Waals surface area contributed by atoms with Crippen LogP contribution in [0.1, 0.15) is 52.0 Å². The Hall–Kier alpha value is -0.820. The average Bonchev–Trinajstić information content (AvgIpc) is 2.88. The van der Waals surface area contributed by atoms with E-state index in [1.807, 2.05) is 27.7 Å². The van der Waals surface area contributed by atoms with Crippen LogP contribution in [-0.4, -0.2) is 37.1 Å². The molecular formula is C13H22N4OS2. The van der Waals surface area contributed by atoms with Crippen LogP contribution >= 0.6 is 11.5 Å². The Bertz CT molecular complexity index is 513. The first-order valence-corrected chi connectivity index (χ1v) is 8.82. The van der Waals surface area contributed by atoms with Crippen molar-refractivity contribution in [3.05, 3.63) is 5.01 Å². The predicted molar refractivity (Wildman–Crippen MR) is 86.1 cm³/mol. The molecule has 0 spiro atoms. The Morgan fingerprint density at radius 3 is 2.55 bits per heavy atom. The average molecular weight is 314 g/mol. The number of piperidine rings is 1. The lowest BCUT2D eigenvalue weighted by molar-refractivity contribution is 0.570. The van der Waals surface area contributed by atoms with E-state index in [2.05, 4.69) is 18.7 Å². The molecule has 5 nitrogen and oxygen atoms in total. The summed E-state index contributed by atoms with van der Waals surface area (Å²) >= 11 is 1.34. The van der Waals surface area contributed by atoms with Crippen LogP contribution in [-0.2, 0) is 11.0 Å². The van der Waals surface area contributed by atoms with Gasteiger partial charge in [0.15, 0.2) is 5.01 Å². The first kappa shape index (κ1) is 15.6. The molecule has 2 rings (SSSR count). The zero-order valence-corrected chi connectivity index (χ0v) is 14.2. The van der Waals surface area contributed by atoms with Crippen LogP contribution in [0.3, 0.4) is 0 Å². The lowest BCUT2D eigenvalue weighted by Crippen LogP contribution is -2.30. The molecule has 0 aliphatic carbocycles. The van der Waals surface area contributed by atoms with Gasteiger partial charge in [0.25, 0.3) is 0 Å². The highest BCUT2D eigenvalue weighted by Crippen LogP contribution is 2.20. The van der Waals surface area contributed by atoms with Gasteiger partial charge in [0.05, 0.1) is 10.5 Å². The van der Waals surface area contributed by atoms with Crippen LogP contribution in [0.4, 0.5) is 5.95 Å². The van der Waals surface area contributed by atoms with Crippen LogP contribution in [0.25, 0.3) is 0 Å². The number of hydrogen-bond donors (Lipinski definition) is 0. The minimum absolute atomic E-state index is 0.346. The van der Waals surface area contributed by atoms with Crippen LogP contribution in [0.15, 0.2) is 4.40 Å². The lowest BCUT2D eigenvalue weighted by atomic mass is 10.1. The third-order valence-corrected chi connectivity index (χ3v) is 5.41. The predicted octanol–water partition coefficient (Wildman–Crippen LogP) is 2.80. The summed E-state index contributed by atoms with van der Waals surface area (Å²) in [6.45, 7) is 9.65. The summed E-state index contributed by atoms with van der Waals surface area (Å²) in [5.41, 5.74) is 0.707. The molecule has 1 aromatic heterocycles. The first-order valence-electron chi connectivity index (χ1n) is 6.94. The topological polar surface area (TPSA) is 58.5 Å². The van der Waals surface area contributed by atoms with Crippen molar-refractivity contribution in [2.45, 2.75) is 51.7 Å². The summed E-state index contributed by atoms with van der Waals surface area (Å²) in [6.07, 6.45) is 3.70. The van der Waals surface area contributed by atoms with Gasteiger partial charge in [0, 0.05) is 13.1 Å². The molecule has 112 valence electrons. The maximum absolute atomic E-state index is 12.0. The summed E-state index contributed by atoms with van der Waals surface area (Å²) < 4.78 is 20.3. The zero-order valence-electron chi connectivity index (χ0n) is 12.5. The van der Waals surface area contributed by atoms with Gasteiger partial charge >= 0.3 is 0 Å². The molecule has 1 fully saturated rings. The van der Waals surface area contributed by atoms with Crippen molar-refractivity contribution in [3.8, 4) is 0 Å². The quantitative estimate of drug-likeness (QED) is 0.805. The van der Waals surface area contributed by atoms with E-state index in [1.165, 1.54) is 30.8 Å². The Kier molecular flexibility index (Phi) is 4.90. The lowest BCUT2D eigenvalue weighted by Gasteiger charge is -2.25. The van der Waals surface area contributed by atoms with Crippen molar-refractivity contribution >= 4 is 34.2 Å². The third-order valence-electron chi connectivity index (χ3n) is 3.11. The maximum Gasteiger partial charge on any atom is 0.237 e. The van der Waals surface area contributed by atoms with E-state index in [-0.39, 0.29) is 4.75 Å². The van der Waals surface area contributed by atoms with Gasteiger partial charge in [-0.2, -0.15) is 13.8 Å². The van der Waals surface area contributed by atoms with E-state index < -0.39 is 11.0 Å². The maximum atomic E-state index is 12.0. The molecule has 0 bridgehead atoms. The van der Waals surface area contributed by atoms with Crippen LogP contribution in [0.5, 0.6) is 0 Å². The van der Waals surface area contributed by atoms with Gasteiger partial charge in [0.1, 0.15) is 11.0 Å². The van der Waals surface area contributed by atoms with Crippen molar-refractivity contribution in [2.75, 3.05) is 18.0 Å². The number of nitrogens with zero attached hydrogens (tertiary/aromatic N) is 4. The van der Waals surface area contributed by atoms with Gasteiger partial charge in [-0.3, -0.25) is 0 Å². The molecule has 0 amide bonds.